The average Bonchev–Trinajstić information content (AvgIpc) is 2.96. The molecule has 2 aliphatic heterocycles. The number of sulfone groups is 1. The smallest absolute Gasteiger partial charge is 0.327 e. The summed E-state index contributed by atoms with van der Waals surface area (Å²) in [6, 6.07) is 7.52. The summed E-state index contributed by atoms with van der Waals surface area (Å²) < 4.78 is 23.4. The van der Waals surface area contributed by atoms with Gasteiger partial charge in [0, 0.05) is 25.2 Å². The number of rotatable bonds is 3. The molecule has 2 atom stereocenters. The normalized spacial score (nSPS) is 25.8. The molecule has 1 aromatic carbocycles. The molecule has 25 heavy (non-hydrogen) atoms. The largest absolute Gasteiger partial charge is 0.480 e. The molecule has 0 aromatic heterocycles. The van der Waals surface area contributed by atoms with Crippen LogP contribution in [0.4, 0.5) is 5.69 Å². The molecule has 0 aliphatic carbocycles. The van der Waals surface area contributed by atoms with Gasteiger partial charge in [0.25, 0.3) is 0 Å². The number of aliphatic carboxylic acids is 1. The Hall–Kier alpha value is -2.42. The topological polar surface area (TPSA) is 112 Å². The van der Waals surface area contributed by atoms with Crippen molar-refractivity contribution >= 4 is 33.3 Å². The third kappa shape index (κ3) is 3.51. The van der Waals surface area contributed by atoms with Crippen LogP contribution >= 0.6 is 0 Å². The highest BCUT2D eigenvalue weighted by atomic mass is 32.2. The Morgan fingerprint density at radius 3 is 2.48 bits per heavy atom. The second kappa shape index (κ2) is 6.47. The fraction of sp³-hybridized carbons (Fsp3) is 0.438. The van der Waals surface area contributed by atoms with Gasteiger partial charge < -0.3 is 14.9 Å². The van der Waals surface area contributed by atoms with Crippen molar-refractivity contribution in [2.45, 2.75) is 12.5 Å². The maximum absolute atomic E-state index is 12.7. The van der Waals surface area contributed by atoms with Crippen LogP contribution in [0.15, 0.2) is 30.3 Å². The molecule has 2 heterocycles. The first-order valence-electron chi connectivity index (χ1n) is 7.87. The van der Waals surface area contributed by atoms with Gasteiger partial charge in [-0.2, -0.15) is 0 Å². The van der Waals surface area contributed by atoms with Crippen LogP contribution in [0.5, 0.6) is 0 Å². The molecule has 0 radical (unpaired) electrons. The maximum atomic E-state index is 12.7. The highest BCUT2D eigenvalue weighted by molar-refractivity contribution is 7.91. The van der Waals surface area contributed by atoms with Crippen LogP contribution in [0, 0.1) is 5.92 Å². The van der Waals surface area contributed by atoms with Gasteiger partial charge in [0.05, 0.1) is 17.4 Å². The molecule has 2 amide bonds. The number of amides is 2. The summed E-state index contributed by atoms with van der Waals surface area (Å²) in [5.74, 6) is -3.55. The number of carbonyl (C=O) groups excluding carboxylic acids is 2. The molecule has 1 N–H and O–H groups in total. The molecule has 2 unspecified atom stereocenters. The molecule has 3 rings (SSSR count). The summed E-state index contributed by atoms with van der Waals surface area (Å²) >= 11 is 0. The van der Waals surface area contributed by atoms with Crippen molar-refractivity contribution in [2.24, 2.45) is 5.92 Å². The predicted octanol–water partition coefficient (Wildman–Crippen LogP) is -0.250. The minimum Gasteiger partial charge on any atom is -0.480 e. The lowest BCUT2D eigenvalue weighted by atomic mass is 10.1. The molecular formula is C16H18N2O6S. The molecule has 0 bridgehead atoms. The minimum atomic E-state index is -3.48. The summed E-state index contributed by atoms with van der Waals surface area (Å²) in [6.45, 7) is 0.00539. The highest BCUT2D eigenvalue weighted by Gasteiger charge is 2.44. The Bertz CT molecular complexity index is 807. The number of carboxylic acid groups (broad SMARTS) is 1. The van der Waals surface area contributed by atoms with Gasteiger partial charge in [0.1, 0.15) is 6.04 Å². The number of anilines is 1. The number of hydrogen-bond donors (Lipinski definition) is 1. The molecular weight excluding hydrogens is 348 g/mol. The van der Waals surface area contributed by atoms with Crippen molar-refractivity contribution in [3.05, 3.63) is 30.3 Å². The average molecular weight is 366 g/mol. The van der Waals surface area contributed by atoms with E-state index in [-0.39, 0.29) is 31.2 Å². The monoisotopic (exact) mass is 366 g/mol. The Kier molecular flexibility index (Phi) is 4.51. The van der Waals surface area contributed by atoms with E-state index in [2.05, 4.69) is 0 Å². The fourth-order valence-electron chi connectivity index (χ4n) is 3.24. The van der Waals surface area contributed by atoms with E-state index in [0.29, 0.717) is 5.69 Å². The van der Waals surface area contributed by atoms with E-state index in [4.69, 9.17) is 0 Å². The maximum Gasteiger partial charge on any atom is 0.327 e. The van der Waals surface area contributed by atoms with Crippen molar-refractivity contribution in [3.63, 3.8) is 0 Å². The van der Waals surface area contributed by atoms with Crippen LogP contribution in [0.3, 0.4) is 0 Å². The third-order valence-corrected chi connectivity index (χ3v) is 6.17. The van der Waals surface area contributed by atoms with Gasteiger partial charge >= 0.3 is 5.97 Å². The van der Waals surface area contributed by atoms with E-state index in [9.17, 15) is 27.9 Å². The van der Waals surface area contributed by atoms with Crippen molar-refractivity contribution in [2.75, 3.05) is 29.5 Å². The predicted molar refractivity (Wildman–Crippen MR) is 88.7 cm³/mol. The molecule has 2 saturated heterocycles. The molecule has 0 saturated carbocycles. The van der Waals surface area contributed by atoms with E-state index >= 15 is 0 Å². The summed E-state index contributed by atoms with van der Waals surface area (Å²) in [5.41, 5.74) is 0.679. The van der Waals surface area contributed by atoms with Crippen LogP contribution in [0.25, 0.3) is 0 Å². The minimum absolute atomic E-state index is 0.0106. The van der Waals surface area contributed by atoms with Crippen LogP contribution in [-0.2, 0) is 24.2 Å². The lowest BCUT2D eigenvalue weighted by Gasteiger charge is -2.34. The first kappa shape index (κ1) is 17.4. The Morgan fingerprint density at radius 2 is 1.84 bits per heavy atom. The van der Waals surface area contributed by atoms with E-state index in [1.165, 1.54) is 4.90 Å². The number of carboxylic acids is 1. The molecule has 1 aromatic rings. The zero-order chi connectivity index (χ0) is 18.2. The van der Waals surface area contributed by atoms with E-state index < -0.39 is 39.4 Å². The Labute approximate surface area is 144 Å². The molecule has 2 aliphatic rings. The highest BCUT2D eigenvalue weighted by Crippen LogP contribution is 2.27. The van der Waals surface area contributed by atoms with Crippen LogP contribution in [0.2, 0.25) is 0 Å². The lowest BCUT2D eigenvalue weighted by molar-refractivity contribution is -0.151. The van der Waals surface area contributed by atoms with E-state index in [0.717, 1.165) is 4.90 Å². The molecule has 2 fully saturated rings. The van der Waals surface area contributed by atoms with Gasteiger partial charge in [0.2, 0.25) is 11.8 Å². The van der Waals surface area contributed by atoms with Crippen molar-refractivity contribution in [3.8, 4) is 0 Å². The van der Waals surface area contributed by atoms with Gasteiger partial charge in [0.15, 0.2) is 9.84 Å². The third-order valence-electron chi connectivity index (χ3n) is 4.54. The van der Waals surface area contributed by atoms with Crippen molar-refractivity contribution < 1.29 is 27.9 Å². The van der Waals surface area contributed by atoms with Gasteiger partial charge in [-0.05, 0) is 12.1 Å². The van der Waals surface area contributed by atoms with E-state index in [1.54, 1.807) is 24.3 Å². The van der Waals surface area contributed by atoms with Gasteiger partial charge in [-0.1, -0.05) is 18.2 Å². The summed E-state index contributed by atoms with van der Waals surface area (Å²) in [6.07, 6.45) is -0.0106. The number of para-hydroxylation sites is 1. The van der Waals surface area contributed by atoms with Crippen LogP contribution in [0.1, 0.15) is 6.42 Å². The molecule has 0 spiro atoms. The summed E-state index contributed by atoms with van der Waals surface area (Å²) in [7, 11) is -3.48. The molecule has 134 valence electrons. The fourth-order valence-corrected chi connectivity index (χ4v) is 4.69. The SMILES string of the molecule is O=C(O)C1CS(=O)(=O)CCN1C(=O)C1CC(=O)N(c2ccccc2)C1. The summed E-state index contributed by atoms with van der Waals surface area (Å²) in [5, 5.41) is 9.28. The second-order valence-corrected chi connectivity index (χ2v) is 8.47. The first-order chi connectivity index (χ1) is 11.8. The zero-order valence-electron chi connectivity index (χ0n) is 13.4. The quantitative estimate of drug-likeness (QED) is 0.789. The standard InChI is InChI=1S/C16H18N2O6S/c19-14-8-11(9-18(14)12-4-2-1-3-5-12)15(20)17-6-7-25(23,24)10-13(17)16(21)22/h1-5,11,13H,6-10H2,(H,21,22). The molecule has 8 nitrogen and oxygen atoms in total. The number of hydrogen-bond acceptors (Lipinski definition) is 5. The number of carbonyl (C=O) groups is 3. The van der Waals surface area contributed by atoms with Gasteiger partial charge in [-0.15, -0.1) is 0 Å². The van der Waals surface area contributed by atoms with E-state index in [1.807, 2.05) is 6.07 Å². The number of benzene rings is 1. The number of nitrogens with zero attached hydrogens (tertiary/aromatic N) is 2. The Morgan fingerprint density at radius 1 is 1.16 bits per heavy atom. The zero-order valence-corrected chi connectivity index (χ0v) is 14.2. The summed E-state index contributed by atoms with van der Waals surface area (Å²) in [4.78, 5) is 38.9. The van der Waals surface area contributed by atoms with Crippen LogP contribution < -0.4 is 4.90 Å². The van der Waals surface area contributed by atoms with Crippen LogP contribution in [-0.4, -0.2) is 66.8 Å². The van der Waals surface area contributed by atoms with Crippen molar-refractivity contribution in [1.82, 2.24) is 4.90 Å². The van der Waals surface area contributed by atoms with Gasteiger partial charge in [-0.25, -0.2) is 13.2 Å². The molecule has 9 heteroatoms. The van der Waals surface area contributed by atoms with Gasteiger partial charge in [-0.3, -0.25) is 9.59 Å². The van der Waals surface area contributed by atoms with Crippen molar-refractivity contribution in [1.29, 1.82) is 0 Å². The Balaban J connectivity index is 1.77. The first-order valence-corrected chi connectivity index (χ1v) is 9.70. The second-order valence-electron chi connectivity index (χ2n) is 6.24. The lowest BCUT2D eigenvalue weighted by Crippen LogP contribution is -2.56.